The lowest BCUT2D eigenvalue weighted by atomic mass is 10.2. The topological polar surface area (TPSA) is 139 Å². The van der Waals surface area contributed by atoms with Gasteiger partial charge in [-0.2, -0.15) is 19.7 Å². The summed E-state index contributed by atoms with van der Waals surface area (Å²) < 4.78 is 27.3. The summed E-state index contributed by atoms with van der Waals surface area (Å²) in [6.45, 7) is 28.1. The molecule has 12 heterocycles. The summed E-state index contributed by atoms with van der Waals surface area (Å²) in [5.41, 5.74) is 1.86. The quantitative estimate of drug-likeness (QED) is 0.109. The van der Waals surface area contributed by atoms with Crippen LogP contribution in [0.15, 0.2) is 168 Å². The van der Waals surface area contributed by atoms with Gasteiger partial charge in [0.15, 0.2) is 23.8 Å². The zero-order valence-corrected chi connectivity index (χ0v) is 53.5. The molecule has 0 radical (unpaired) electrons. The van der Waals surface area contributed by atoms with Crippen molar-refractivity contribution in [2.75, 3.05) is 0 Å². The average Bonchev–Trinajstić information content (AvgIpc) is 4.35. The van der Waals surface area contributed by atoms with Crippen LogP contribution in [0.1, 0.15) is 161 Å². The molecule has 0 aliphatic rings. The van der Waals surface area contributed by atoms with E-state index in [0.717, 1.165) is 48.3 Å². The van der Waals surface area contributed by atoms with Crippen molar-refractivity contribution in [2.24, 2.45) is 0 Å². The van der Waals surface area contributed by atoms with E-state index in [2.05, 4.69) is 190 Å². The monoisotopic (exact) mass is 1230 g/mol. The molecule has 0 fully saturated rings. The molecular formula is C64H75FN10O2S6. The maximum absolute atomic E-state index is 12.9. The van der Waals surface area contributed by atoms with Gasteiger partial charge in [-0.15, -0.1) is 73.1 Å². The van der Waals surface area contributed by atoms with Crippen molar-refractivity contribution in [1.29, 1.82) is 0 Å². The minimum atomic E-state index is -0.424. The first-order valence-corrected chi connectivity index (χ1v) is 32.0. The standard InChI is InChI=1S/C12H12FNS.C11H12N2S.C11H13NOS.C10H12N2S.C10H11NOS.C9H11N3S.CH4/c1-8(2)10-3-4-11(15-10)9-5-6-14-12(13)7-9;1-8(2)10-5-6-11(14-10)9-4-3-7-12-13-9;1-7(2)10-4-5-11(14-10)9-6-12-8(3)13-9;1-8(2)9-4-5-10(13-9)12-7-3-6-11-12;1-7(2)9-3-4-10(13-9)8-5-11-6-12-8;1-7(2)8-3-4-9(13-8)12-6-10-5-11-12;/h3-8H,1-2H3;3-8H,1-2H3;4-7H,1-3H3;3-8H,1-2H3;2*3-7H,1-2H3;1H4. The highest BCUT2D eigenvalue weighted by Crippen LogP contribution is 2.35. The molecule has 0 N–H and O–H groups in total. The van der Waals surface area contributed by atoms with E-state index in [9.17, 15) is 4.39 Å². The highest BCUT2D eigenvalue weighted by Gasteiger charge is 2.12. The van der Waals surface area contributed by atoms with Gasteiger partial charge in [-0.25, -0.2) is 29.3 Å². The van der Waals surface area contributed by atoms with Gasteiger partial charge in [-0.3, -0.25) is 0 Å². The molecule has 12 rings (SSSR count). The van der Waals surface area contributed by atoms with Crippen molar-refractivity contribution in [3.05, 3.63) is 200 Å². The maximum Gasteiger partial charge on any atom is 0.213 e. The normalized spacial score (nSPS) is 10.8. The van der Waals surface area contributed by atoms with Crippen molar-refractivity contribution < 1.29 is 13.2 Å². The van der Waals surface area contributed by atoms with Gasteiger partial charge in [0.2, 0.25) is 5.95 Å². The Kier molecular flexibility index (Phi) is 25.4. The van der Waals surface area contributed by atoms with Gasteiger partial charge in [0.25, 0.3) is 0 Å². The molecule has 0 aromatic carbocycles. The third-order valence-corrected chi connectivity index (χ3v) is 20.3. The minimum absolute atomic E-state index is 0. The summed E-state index contributed by atoms with van der Waals surface area (Å²) >= 11 is 10.6. The van der Waals surface area contributed by atoms with E-state index >= 15 is 0 Å². The van der Waals surface area contributed by atoms with Crippen molar-refractivity contribution in [3.8, 4) is 52.3 Å². The molecule has 12 nitrogen and oxygen atoms in total. The van der Waals surface area contributed by atoms with Crippen molar-refractivity contribution in [1.82, 2.24) is 49.7 Å². The van der Waals surface area contributed by atoms with Crippen LogP contribution in [0.4, 0.5) is 4.39 Å². The molecule has 12 aromatic heterocycles. The van der Waals surface area contributed by atoms with Gasteiger partial charge >= 0.3 is 0 Å². The Balaban J connectivity index is 0.000000160. The Morgan fingerprint density at radius 2 is 1.00 bits per heavy atom. The van der Waals surface area contributed by atoms with Gasteiger partial charge in [-0.1, -0.05) is 90.5 Å². The van der Waals surface area contributed by atoms with Crippen LogP contribution in [0.25, 0.3) is 52.3 Å². The molecule has 19 heteroatoms. The number of halogens is 1. The molecule has 0 amide bonds. The van der Waals surface area contributed by atoms with E-state index in [1.807, 2.05) is 48.1 Å². The van der Waals surface area contributed by atoms with Crippen LogP contribution in [0.3, 0.4) is 0 Å². The first-order chi connectivity index (χ1) is 39.4. The highest BCUT2D eigenvalue weighted by atomic mass is 32.1. The fraction of sp³-hybridized carbons (Fsp3) is 0.312. The zero-order valence-electron chi connectivity index (χ0n) is 48.6. The van der Waals surface area contributed by atoms with Crippen LogP contribution in [0.2, 0.25) is 0 Å². The Bertz CT molecular complexity index is 3490. The summed E-state index contributed by atoms with van der Waals surface area (Å²) in [5, 5.41) is 18.5. The molecule has 0 aliphatic heterocycles. The predicted molar refractivity (Wildman–Crippen MR) is 349 cm³/mol. The van der Waals surface area contributed by atoms with E-state index in [-0.39, 0.29) is 7.43 Å². The zero-order chi connectivity index (χ0) is 58.7. The predicted octanol–water partition coefficient (Wildman–Crippen LogP) is 20.9. The van der Waals surface area contributed by atoms with Crippen molar-refractivity contribution in [3.63, 3.8) is 0 Å². The van der Waals surface area contributed by atoms with Crippen molar-refractivity contribution in [2.45, 2.75) is 133 Å². The Morgan fingerprint density at radius 3 is 1.45 bits per heavy atom. The fourth-order valence-electron chi connectivity index (χ4n) is 7.28. The summed E-state index contributed by atoms with van der Waals surface area (Å²) in [7, 11) is 0. The summed E-state index contributed by atoms with van der Waals surface area (Å²) in [6.07, 6.45) is 15.2. The number of hydrogen-bond donors (Lipinski definition) is 0. The van der Waals surface area contributed by atoms with Crippen LogP contribution in [-0.2, 0) is 0 Å². The van der Waals surface area contributed by atoms with Crippen molar-refractivity contribution >= 4 is 68.0 Å². The molecule has 0 spiro atoms. The third-order valence-electron chi connectivity index (χ3n) is 11.9. The van der Waals surface area contributed by atoms with E-state index in [4.69, 9.17) is 8.83 Å². The number of rotatable bonds is 12. The summed E-state index contributed by atoms with van der Waals surface area (Å²) in [4.78, 5) is 28.3. The Morgan fingerprint density at radius 1 is 0.482 bits per heavy atom. The van der Waals surface area contributed by atoms with E-state index in [0.29, 0.717) is 35.5 Å². The number of hydrogen-bond acceptors (Lipinski definition) is 16. The Hall–Kier alpha value is -6.87. The fourth-order valence-corrected chi connectivity index (χ4v) is 13.1. The maximum atomic E-state index is 12.9. The van der Waals surface area contributed by atoms with Crippen LogP contribution >= 0.6 is 68.0 Å². The average molecular weight is 1230 g/mol. The molecular weight excluding hydrogens is 1150 g/mol. The lowest BCUT2D eigenvalue weighted by molar-refractivity contribution is 0.535. The summed E-state index contributed by atoms with van der Waals surface area (Å²) in [5.74, 6) is 5.50. The van der Waals surface area contributed by atoms with Gasteiger partial charge in [0.05, 0.1) is 27.0 Å². The molecule has 0 atom stereocenters. The molecule has 436 valence electrons. The first-order valence-electron chi connectivity index (χ1n) is 27.1. The second-order valence-electron chi connectivity index (χ2n) is 20.5. The van der Waals surface area contributed by atoms with Crippen LogP contribution in [0.5, 0.6) is 0 Å². The molecule has 0 saturated heterocycles. The van der Waals surface area contributed by atoms with Gasteiger partial charge in [0, 0.05) is 71.9 Å². The minimum Gasteiger partial charge on any atom is -0.443 e. The van der Waals surface area contributed by atoms with E-state index in [1.54, 1.807) is 110 Å². The number of pyridine rings is 1. The van der Waals surface area contributed by atoms with E-state index < -0.39 is 5.95 Å². The van der Waals surface area contributed by atoms with Crippen LogP contribution in [-0.4, -0.2) is 49.7 Å². The second kappa shape index (κ2) is 32.3. The number of aryl methyl sites for hydroxylation is 1. The third kappa shape index (κ3) is 19.6. The molecule has 12 aromatic rings. The lowest BCUT2D eigenvalue weighted by Gasteiger charge is -1.99. The molecule has 0 bridgehead atoms. The second-order valence-corrected chi connectivity index (χ2v) is 27.1. The van der Waals surface area contributed by atoms with Gasteiger partial charge in [0.1, 0.15) is 28.4 Å². The highest BCUT2D eigenvalue weighted by molar-refractivity contribution is 7.16. The number of thiophene rings is 6. The molecule has 0 saturated carbocycles. The summed E-state index contributed by atoms with van der Waals surface area (Å²) in [6, 6.07) is 34.6. The number of nitrogens with zero attached hydrogens (tertiary/aromatic N) is 10. The smallest absolute Gasteiger partial charge is 0.213 e. The van der Waals surface area contributed by atoms with E-state index in [1.165, 1.54) is 57.8 Å². The van der Waals surface area contributed by atoms with Crippen LogP contribution in [0, 0.1) is 12.9 Å². The first kappa shape index (κ1) is 65.3. The molecule has 0 unspecified atom stereocenters. The number of oxazole rings is 2. The van der Waals surface area contributed by atoms with Gasteiger partial charge in [-0.05, 0) is 138 Å². The Labute approximate surface area is 512 Å². The number of aromatic nitrogens is 10. The largest absolute Gasteiger partial charge is 0.443 e. The molecule has 83 heavy (non-hydrogen) atoms. The van der Waals surface area contributed by atoms with Gasteiger partial charge < -0.3 is 8.83 Å². The van der Waals surface area contributed by atoms with Crippen LogP contribution < -0.4 is 0 Å². The SMILES string of the molecule is C.CC(C)c1ccc(-c2cccnn2)s1.CC(C)c1ccc(-c2ccnc(F)c2)s1.CC(C)c1ccc(-c2cnco2)s1.CC(C)c1ccc(-n2cccn2)s1.CC(C)c1ccc(-n2cncn2)s1.Cc1ncc(-c2ccc(C(C)C)s2)o1. The lowest BCUT2D eigenvalue weighted by Crippen LogP contribution is -1.88. The molecule has 0 aliphatic carbocycles.